The molecule has 6 heteroatoms. The number of halogens is 1. The van der Waals surface area contributed by atoms with E-state index in [1.54, 1.807) is 0 Å². The molecule has 0 aliphatic carbocycles. The van der Waals surface area contributed by atoms with E-state index in [9.17, 15) is 0 Å². The molecular formula is C13H17BrN4S. The molecule has 19 heavy (non-hydrogen) atoms. The van der Waals surface area contributed by atoms with Crippen molar-refractivity contribution in [3.63, 3.8) is 0 Å². The molecule has 3 heterocycles. The van der Waals surface area contributed by atoms with E-state index in [1.165, 1.54) is 19.3 Å². The summed E-state index contributed by atoms with van der Waals surface area (Å²) >= 11 is 8.94. The van der Waals surface area contributed by atoms with Crippen LogP contribution in [-0.2, 0) is 0 Å². The van der Waals surface area contributed by atoms with E-state index in [0.717, 1.165) is 20.4 Å². The number of H-pyrrole nitrogens is 1. The van der Waals surface area contributed by atoms with Crippen molar-refractivity contribution in [2.24, 2.45) is 0 Å². The molecule has 1 aliphatic rings. The van der Waals surface area contributed by atoms with Crippen LogP contribution in [0.5, 0.6) is 0 Å². The van der Waals surface area contributed by atoms with Crippen LogP contribution in [0.2, 0.25) is 0 Å². The molecular weight excluding hydrogens is 324 g/mol. The second-order valence-electron chi connectivity index (χ2n) is 5.28. The van der Waals surface area contributed by atoms with Crippen molar-refractivity contribution in [2.75, 3.05) is 5.01 Å². The molecule has 4 nitrogen and oxygen atoms in total. The molecule has 2 atom stereocenters. The number of pyridine rings is 1. The number of piperidine rings is 1. The van der Waals surface area contributed by atoms with Gasteiger partial charge in [0.2, 0.25) is 0 Å². The maximum atomic E-state index is 5.49. The monoisotopic (exact) mass is 340 g/mol. The van der Waals surface area contributed by atoms with Gasteiger partial charge in [0, 0.05) is 22.8 Å². The second kappa shape index (κ2) is 4.90. The average Bonchev–Trinajstić information content (AvgIpc) is 2.65. The summed E-state index contributed by atoms with van der Waals surface area (Å²) in [6.07, 6.45) is 5.51. The lowest BCUT2D eigenvalue weighted by Gasteiger charge is -2.40. The predicted molar refractivity (Wildman–Crippen MR) is 83.6 cm³/mol. The number of hydrogen-bond donors (Lipinski definition) is 1. The molecule has 102 valence electrons. The van der Waals surface area contributed by atoms with E-state index in [4.69, 9.17) is 12.2 Å². The van der Waals surface area contributed by atoms with Crippen LogP contribution in [0.25, 0.3) is 11.2 Å². The molecule has 1 fully saturated rings. The van der Waals surface area contributed by atoms with Gasteiger partial charge in [-0.05, 0) is 67.3 Å². The van der Waals surface area contributed by atoms with E-state index in [0.29, 0.717) is 12.1 Å². The zero-order valence-corrected chi connectivity index (χ0v) is 13.5. The van der Waals surface area contributed by atoms with Crippen LogP contribution in [0.4, 0.5) is 0 Å². The number of aromatic amines is 1. The number of aromatic nitrogens is 3. The van der Waals surface area contributed by atoms with Gasteiger partial charge in [-0.1, -0.05) is 0 Å². The van der Waals surface area contributed by atoms with Gasteiger partial charge < -0.3 is 9.99 Å². The summed E-state index contributed by atoms with van der Waals surface area (Å²) in [6, 6.07) is 2.99. The van der Waals surface area contributed by atoms with Crippen LogP contribution >= 0.6 is 28.1 Å². The molecule has 0 spiro atoms. The molecule has 0 bridgehead atoms. The third-order valence-corrected chi connectivity index (χ3v) is 4.55. The zero-order valence-electron chi connectivity index (χ0n) is 11.1. The van der Waals surface area contributed by atoms with Gasteiger partial charge in [-0.15, -0.1) is 0 Å². The van der Waals surface area contributed by atoms with Crippen LogP contribution in [0.1, 0.15) is 33.1 Å². The Morgan fingerprint density at radius 3 is 2.74 bits per heavy atom. The number of imidazole rings is 1. The van der Waals surface area contributed by atoms with Crippen molar-refractivity contribution < 1.29 is 0 Å². The van der Waals surface area contributed by atoms with Crippen LogP contribution in [0.3, 0.4) is 0 Å². The summed E-state index contributed by atoms with van der Waals surface area (Å²) in [5.74, 6) is 0. The average molecular weight is 341 g/mol. The fourth-order valence-corrected chi connectivity index (χ4v) is 3.60. The van der Waals surface area contributed by atoms with Gasteiger partial charge in [0.15, 0.2) is 10.4 Å². The van der Waals surface area contributed by atoms with Crippen molar-refractivity contribution in [2.45, 2.75) is 45.2 Å². The third kappa shape index (κ3) is 2.21. The van der Waals surface area contributed by atoms with Crippen LogP contribution < -0.4 is 5.01 Å². The molecule has 1 aliphatic heterocycles. The smallest absolute Gasteiger partial charge is 0.198 e. The Hall–Kier alpha value is -0.880. The molecule has 0 amide bonds. The van der Waals surface area contributed by atoms with Gasteiger partial charge in [0.25, 0.3) is 0 Å². The van der Waals surface area contributed by atoms with Gasteiger partial charge in [-0.25, -0.2) is 9.66 Å². The fourth-order valence-electron chi connectivity index (χ4n) is 2.97. The maximum Gasteiger partial charge on any atom is 0.198 e. The summed E-state index contributed by atoms with van der Waals surface area (Å²) in [5.41, 5.74) is 1.89. The largest absolute Gasteiger partial charge is 0.328 e. The first-order valence-electron chi connectivity index (χ1n) is 6.63. The molecule has 2 aromatic rings. The summed E-state index contributed by atoms with van der Waals surface area (Å²) < 4.78 is 3.76. The fraction of sp³-hybridized carbons (Fsp3) is 0.538. The lowest BCUT2D eigenvalue weighted by molar-refractivity contribution is 0.338. The lowest BCUT2D eigenvalue weighted by Crippen LogP contribution is -2.51. The Morgan fingerprint density at radius 1 is 1.37 bits per heavy atom. The van der Waals surface area contributed by atoms with E-state index < -0.39 is 0 Å². The first-order chi connectivity index (χ1) is 9.08. The van der Waals surface area contributed by atoms with Crippen molar-refractivity contribution in [3.8, 4) is 0 Å². The molecule has 2 unspecified atom stereocenters. The number of hydrogen-bond acceptors (Lipinski definition) is 3. The highest BCUT2D eigenvalue weighted by Gasteiger charge is 2.27. The lowest BCUT2D eigenvalue weighted by atomic mass is 10.00. The number of rotatable bonds is 1. The van der Waals surface area contributed by atoms with E-state index in [-0.39, 0.29) is 0 Å². The van der Waals surface area contributed by atoms with Gasteiger partial charge in [0.05, 0.1) is 5.52 Å². The molecule has 1 saturated heterocycles. The third-order valence-electron chi connectivity index (χ3n) is 3.85. The minimum atomic E-state index is 0.486. The highest BCUT2D eigenvalue weighted by molar-refractivity contribution is 9.10. The summed E-state index contributed by atoms with van der Waals surface area (Å²) in [6.45, 7) is 4.52. The van der Waals surface area contributed by atoms with E-state index in [1.807, 2.05) is 12.3 Å². The Balaban J connectivity index is 2.18. The van der Waals surface area contributed by atoms with Gasteiger partial charge in [-0.2, -0.15) is 0 Å². The van der Waals surface area contributed by atoms with Crippen molar-refractivity contribution in [1.29, 1.82) is 0 Å². The van der Waals surface area contributed by atoms with E-state index >= 15 is 0 Å². The highest BCUT2D eigenvalue weighted by Crippen LogP contribution is 2.25. The minimum absolute atomic E-state index is 0.486. The molecule has 0 radical (unpaired) electrons. The van der Waals surface area contributed by atoms with Crippen LogP contribution in [0.15, 0.2) is 16.7 Å². The standard InChI is InChI=1S/C13H17BrN4S/c1-8-4-3-5-9(2)17(8)18-12-11(16-13(18)19)6-10(14)7-15-12/h6-9H,3-5H2,1-2H3,(H,16,19). The van der Waals surface area contributed by atoms with Crippen LogP contribution in [-0.4, -0.2) is 26.7 Å². The number of nitrogens with zero attached hydrogens (tertiary/aromatic N) is 3. The molecule has 1 N–H and O–H groups in total. The Labute approximate surface area is 125 Å². The highest BCUT2D eigenvalue weighted by atomic mass is 79.9. The zero-order chi connectivity index (χ0) is 13.6. The predicted octanol–water partition coefficient (Wildman–Crippen LogP) is 3.76. The topological polar surface area (TPSA) is 36.9 Å². The van der Waals surface area contributed by atoms with Crippen molar-refractivity contribution in [3.05, 3.63) is 21.5 Å². The molecule has 0 saturated carbocycles. The molecule has 2 aromatic heterocycles. The molecule has 3 rings (SSSR count). The Kier molecular flexibility index (Phi) is 3.39. The minimum Gasteiger partial charge on any atom is -0.328 e. The SMILES string of the molecule is CC1CCCC(C)N1n1c(=S)[nH]c2cc(Br)cnc21. The van der Waals surface area contributed by atoms with Gasteiger partial charge in [-0.3, -0.25) is 0 Å². The molecule has 0 aromatic carbocycles. The summed E-state index contributed by atoms with van der Waals surface area (Å²) in [7, 11) is 0. The van der Waals surface area contributed by atoms with Crippen LogP contribution in [0, 0.1) is 4.77 Å². The number of nitrogens with one attached hydrogen (secondary N) is 1. The number of fused-ring (bicyclic) bond motifs is 1. The summed E-state index contributed by atoms with van der Waals surface area (Å²) in [5, 5.41) is 2.37. The Morgan fingerprint density at radius 2 is 2.05 bits per heavy atom. The van der Waals surface area contributed by atoms with Crippen molar-refractivity contribution >= 4 is 39.3 Å². The quantitative estimate of drug-likeness (QED) is 0.803. The Bertz CT molecular complexity index is 652. The summed E-state index contributed by atoms with van der Waals surface area (Å²) in [4.78, 5) is 7.77. The van der Waals surface area contributed by atoms with Gasteiger partial charge >= 0.3 is 0 Å². The first kappa shape index (κ1) is 13.1. The second-order valence-corrected chi connectivity index (χ2v) is 6.58. The van der Waals surface area contributed by atoms with E-state index in [2.05, 4.69) is 49.4 Å². The van der Waals surface area contributed by atoms with Gasteiger partial charge in [0.1, 0.15) is 0 Å². The maximum absolute atomic E-state index is 5.49. The first-order valence-corrected chi connectivity index (χ1v) is 7.83. The van der Waals surface area contributed by atoms with Crippen molar-refractivity contribution in [1.82, 2.24) is 14.6 Å². The normalized spacial score (nSPS) is 24.1.